The number of esters is 2. The zero-order valence-corrected chi connectivity index (χ0v) is 14.2. The molecule has 0 aromatic rings. The molecule has 2 saturated carbocycles. The van der Waals surface area contributed by atoms with Gasteiger partial charge in [0, 0.05) is 0 Å². The summed E-state index contributed by atoms with van der Waals surface area (Å²) in [6, 6.07) is 0. The molecule has 124 valence electrons. The fraction of sp³-hybridized carbons (Fsp3) is 0.778. The summed E-state index contributed by atoms with van der Waals surface area (Å²) in [6.07, 6.45) is 5.03. The molecule has 0 amide bonds. The molecular weight excluding hydrogens is 280 g/mol. The molecule has 0 N–H and O–H groups in total. The lowest BCUT2D eigenvalue weighted by molar-refractivity contribution is -0.168. The Balaban J connectivity index is 2.37. The van der Waals surface area contributed by atoms with Gasteiger partial charge < -0.3 is 9.47 Å². The maximum atomic E-state index is 12.4. The Morgan fingerprint density at radius 3 is 2.50 bits per heavy atom. The van der Waals surface area contributed by atoms with Crippen molar-refractivity contribution < 1.29 is 19.1 Å². The lowest BCUT2D eigenvalue weighted by Crippen LogP contribution is -2.54. The third-order valence-electron chi connectivity index (χ3n) is 6.27. The minimum atomic E-state index is -0.461. The monoisotopic (exact) mass is 308 g/mol. The fourth-order valence-corrected chi connectivity index (χ4v) is 5.05. The number of hydrogen-bond donors (Lipinski definition) is 0. The van der Waals surface area contributed by atoms with Crippen LogP contribution in [0.25, 0.3) is 0 Å². The maximum absolute atomic E-state index is 12.4. The van der Waals surface area contributed by atoms with Crippen molar-refractivity contribution in [1.29, 1.82) is 0 Å². The zero-order chi connectivity index (χ0) is 16.5. The van der Waals surface area contributed by atoms with Crippen LogP contribution in [-0.2, 0) is 19.1 Å². The zero-order valence-electron chi connectivity index (χ0n) is 14.2. The van der Waals surface area contributed by atoms with E-state index < -0.39 is 5.41 Å². The van der Waals surface area contributed by atoms with E-state index in [0.717, 1.165) is 37.7 Å². The van der Waals surface area contributed by atoms with Crippen molar-refractivity contribution in [2.24, 2.45) is 22.7 Å². The molecule has 4 nitrogen and oxygen atoms in total. The normalized spacial score (nSPS) is 38.1. The summed E-state index contributed by atoms with van der Waals surface area (Å²) >= 11 is 0. The van der Waals surface area contributed by atoms with Gasteiger partial charge in [-0.2, -0.15) is 0 Å². The number of ether oxygens (including phenoxy) is 2. The van der Waals surface area contributed by atoms with E-state index in [1.807, 2.05) is 6.92 Å². The summed E-state index contributed by atoms with van der Waals surface area (Å²) in [7, 11) is 2.89. The van der Waals surface area contributed by atoms with Gasteiger partial charge in [0.25, 0.3) is 0 Å². The summed E-state index contributed by atoms with van der Waals surface area (Å²) in [6.45, 7) is 8.46. The first-order chi connectivity index (χ1) is 10.3. The Hall–Kier alpha value is -1.32. The SMILES string of the molecule is C=C1CCC2[C@](C)(CCC[C@]2(C)C(=O)OC)[C@H]1CC(=O)OC. The number of carbonyl (C=O) groups is 2. The second-order valence-corrected chi connectivity index (χ2v) is 7.35. The van der Waals surface area contributed by atoms with Crippen molar-refractivity contribution in [2.45, 2.75) is 52.4 Å². The molecule has 22 heavy (non-hydrogen) atoms. The first-order valence-electron chi connectivity index (χ1n) is 8.12. The molecule has 0 heterocycles. The van der Waals surface area contributed by atoms with E-state index in [2.05, 4.69) is 13.5 Å². The van der Waals surface area contributed by atoms with Crippen LogP contribution >= 0.6 is 0 Å². The van der Waals surface area contributed by atoms with Crippen molar-refractivity contribution in [3.63, 3.8) is 0 Å². The van der Waals surface area contributed by atoms with Crippen molar-refractivity contribution in [2.75, 3.05) is 14.2 Å². The Bertz CT molecular complexity index is 483. The van der Waals surface area contributed by atoms with Crippen molar-refractivity contribution in [3.05, 3.63) is 12.2 Å². The lowest BCUT2D eigenvalue weighted by atomic mass is 9.46. The van der Waals surface area contributed by atoms with E-state index in [4.69, 9.17) is 9.47 Å². The summed E-state index contributed by atoms with van der Waals surface area (Å²) in [5, 5.41) is 0. The summed E-state index contributed by atoms with van der Waals surface area (Å²) in [4.78, 5) is 24.3. The molecule has 0 bridgehead atoms. The van der Waals surface area contributed by atoms with Gasteiger partial charge in [0.05, 0.1) is 26.1 Å². The molecule has 0 aromatic carbocycles. The predicted molar refractivity (Wildman–Crippen MR) is 84.1 cm³/mol. The van der Waals surface area contributed by atoms with E-state index in [1.54, 1.807) is 0 Å². The number of methoxy groups -OCH3 is 2. The minimum absolute atomic E-state index is 0.0861. The standard InChI is InChI=1S/C18H28O4/c1-12-7-8-14-17(2,13(12)11-15(19)21-4)9-6-10-18(14,3)16(20)22-5/h13-14H,1,6-11H2,2-5H3/t13-,14?,17+,18-/m0/s1. The maximum Gasteiger partial charge on any atom is 0.311 e. The van der Waals surface area contributed by atoms with Gasteiger partial charge in [-0.25, -0.2) is 0 Å². The molecule has 0 radical (unpaired) electrons. The van der Waals surface area contributed by atoms with E-state index in [1.165, 1.54) is 14.2 Å². The smallest absolute Gasteiger partial charge is 0.311 e. The number of hydrogen-bond acceptors (Lipinski definition) is 4. The summed E-state index contributed by atoms with van der Waals surface area (Å²) in [5.41, 5.74) is 0.569. The van der Waals surface area contributed by atoms with Crippen molar-refractivity contribution in [1.82, 2.24) is 0 Å². The molecular formula is C18H28O4. The first-order valence-corrected chi connectivity index (χ1v) is 8.12. The highest BCUT2D eigenvalue weighted by Gasteiger charge is 2.58. The van der Waals surface area contributed by atoms with E-state index in [-0.39, 0.29) is 29.2 Å². The number of allylic oxidation sites excluding steroid dienone is 1. The second-order valence-electron chi connectivity index (χ2n) is 7.35. The van der Waals surface area contributed by atoms with Gasteiger partial charge >= 0.3 is 11.9 Å². The van der Waals surface area contributed by atoms with Crippen LogP contribution in [0, 0.1) is 22.7 Å². The van der Waals surface area contributed by atoms with Gasteiger partial charge in [-0.3, -0.25) is 9.59 Å². The highest BCUT2D eigenvalue weighted by atomic mass is 16.5. The predicted octanol–water partition coefficient (Wildman–Crippen LogP) is 3.50. The molecule has 2 rings (SSSR count). The average Bonchev–Trinajstić information content (AvgIpc) is 2.49. The summed E-state index contributed by atoms with van der Waals surface area (Å²) in [5.74, 6) is -0.00420. The molecule has 4 atom stereocenters. The van der Waals surface area contributed by atoms with Crippen LogP contribution in [-0.4, -0.2) is 26.2 Å². The largest absolute Gasteiger partial charge is 0.469 e. The quantitative estimate of drug-likeness (QED) is 0.591. The summed E-state index contributed by atoms with van der Waals surface area (Å²) < 4.78 is 9.97. The lowest BCUT2D eigenvalue weighted by Gasteiger charge is -2.57. The van der Waals surface area contributed by atoms with E-state index in [9.17, 15) is 9.59 Å². The molecule has 0 spiro atoms. The van der Waals surface area contributed by atoms with Crippen LogP contribution in [0.3, 0.4) is 0 Å². The molecule has 4 heteroatoms. The van der Waals surface area contributed by atoms with E-state index in [0.29, 0.717) is 6.42 Å². The Labute approximate surface area is 133 Å². The highest BCUT2D eigenvalue weighted by Crippen LogP contribution is 2.62. The van der Waals surface area contributed by atoms with Gasteiger partial charge in [-0.15, -0.1) is 0 Å². The third-order valence-corrected chi connectivity index (χ3v) is 6.27. The van der Waals surface area contributed by atoms with Gasteiger partial charge in [0.15, 0.2) is 0 Å². The number of carbonyl (C=O) groups excluding carboxylic acids is 2. The van der Waals surface area contributed by atoms with Crippen LogP contribution in [0.15, 0.2) is 12.2 Å². The molecule has 2 aliphatic rings. The van der Waals surface area contributed by atoms with Gasteiger partial charge in [0.1, 0.15) is 0 Å². The molecule has 0 aromatic heterocycles. The second kappa shape index (κ2) is 6.05. The topological polar surface area (TPSA) is 52.6 Å². The Morgan fingerprint density at radius 2 is 1.91 bits per heavy atom. The highest BCUT2D eigenvalue weighted by molar-refractivity contribution is 5.77. The van der Waals surface area contributed by atoms with E-state index >= 15 is 0 Å². The van der Waals surface area contributed by atoms with Crippen LogP contribution in [0.5, 0.6) is 0 Å². The molecule has 2 aliphatic carbocycles. The molecule has 0 saturated heterocycles. The van der Waals surface area contributed by atoms with Crippen LogP contribution in [0.1, 0.15) is 52.4 Å². The number of fused-ring (bicyclic) bond motifs is 1. The average molecular weight is 308 g/mol. The Kier molecular flexibility index (Phi) is 4.69. The van der Waals surface area contributed by atoms with Crippen LogP contribution in [0.4, 0.5) is 0 Å². The fourth-order valence-electron chi connectivity index (χ4n) is 5.05. The van der Waals surface area contributed by atoms with Crippen molar-refractivity contribution in [3.8, 4) is 0 Å². The van der Waals surface area contributed by atoms with Crippen LogP contribution < -0.4 is 0 Å². The molecule has 2 fully saturated rings. The van der Waals surface area contributed by atoms with Gasteiger partial charge in [0.2, 0.25) is 0 Å². The van der Waals surface area contributed by atoms with Gasteiger partial charge in [-0.1, -0.05) is 25.5 Å². The van der Waals surface area contributed by atoms with Crippen molar-refractivity contribution >= 4 is 11.9 Å². The third kappa shape index (κ3) is 2.57. The Morgan fingerprint density at radius 1 is 1.23 bits per heavy atom. The van der Waals surface area contributed by atoms with Gasteiger partial charge in [-0.05, 0) is 49.9 Å². The molecule has 1 unspecified atom stereocenters. The first kappa shape index (κ1) is 17.0. The van der Waals surface area contributed by atoms with Crippen LogP contribution in [0.2, 0.25) is 0 Å². The number of rotatable bonds is 3. The minimum Gasteiger partial charge on any atom is -0.469 e. The molecule has 0 aliphatic heterocycles.